The number of carbonyl (C=O) groups is 1. The molecule has 1 heterocycles. The van der Waals surface area contributed by atoms with Crippen molar-refractivity contribution in [1.82, 2.24) is 10.2 Å². The van der Waals surface area contributed by atoms with Crippen LogP contribution < -0.4 is 10.2 Å². The smallest absolute Gasteiger partial charge is 0.369 e. The Morgan fingerprint density at radius 3 is 2.23 bits per heavy atom. The Morgan fingerprint density at radius 1 is 1.00 bits per heavy atom. The van der Waals surface area contributed by atoms with Gasteiger partial charge < -0.3 is 10.2 Å². The number of alkyl halides is 3. The molecule has 1 N–H and O–H groups in total. The highest BCUT2D eigenvalue weighted by Gasteiger charge is 2.31. The minimum absolute atomic E-state index is 0.139. The quantitative estimate of drug-likeness (QED) is 0.731. The molecule has 0 aromatic heterocycles. The zero-order chi connectivity index (χ0) is 21.9. The molecule has 1 fully saturated rings. The van der Waals surface area contributed by atoms with Crippen LogP contribution in [0.4, 0.5) is 23.2 Å². The van der Waals surface area contributed by atoms with E-state index in [-0.39, 0.29) is 23.8 Å². The van der Waals surface area contributed by atoms with E-state index in [4.69, 9.17) is 0 Å². The van der Waals surface area contributed by atoms with Crippen LogP contribution in [0, 0.1) is 5.82 Å². The van der Waals surface area contributed by atoms with E-state index in [2.05, 4.69) is 5.32 Å². The molecule has 2 aromatic carbocycles. The van der Waals surface area contributed by atoms with Crippen LogP contribution >= 0.6 is 0 Å². The molecule has 2 aromatic rings. The van der Waals surface area contributed by atoms with Gasteiger partial charge in [-0.1, -0.05) is 18.2 Å². The summed E-state index contributed by atoms with van der Waals surface area (Å²) in [7, 11) is 0. The molecule has 0 aliphatic carbocycles. The van der Waals surface area contributed by atoms with Crippen LogP contribution in [0.3, 0.4) is 0 Å². The summed E-state index contributed by atoms with van der Waals surface area (Å²) in [5, 5.41) is 2.94. The summed E-state index contributed by atoms with van der Waals surface area (Å²) in [6, 6.07) is 10.7. The van der Waals surface area contributed by atoms with Crippen molar-refractivity contribution in [3.05, 3.63) is 65.5 Å². The second kappa shape index (κ2) is 9.04. The van der Waals surface area contributed by atoms with Crippen LogP contribution in [-0.2, 0) is 11.0 Å². The fraction of sp³-hybridized carbons (Fsp3) is 0.409. The zero-order valence-corrected chi connectivity index (χ0v) is 16.9. The maximum absolute atomic E-state index is 13.1. The van der Waals surface area contributed by atoms with Crippen LogP contribution in [0.25, 0.3) is 0 Å². The molecule has 0 bridgehead atoms. The van der Waals surface area contributed by atoms with Gasteiger partial charge in [-0.25, -0.2) is 4.39 Å². The lowest BCUT2D eigenvalue weighted by atomic mass is 10.1. The van der Waals surface area contributed by atoms with E-state index in [1.54, 1.807) is 18.2 Å². The lowest BCUT2D eigenvalue weighted by molar-refractivity contribution is -0.137. The first-order valence-corrected chi connectivity index (χ1v) is 9.87. The largest absolute Gasteiger partial charge is 0.416 e. The highest BCUT2D eigenvalue weighted by molar-refractivity contribution is 5.81. The molecular formula is C22H25F4N3O. The van der Waals surface area contributed by atoms with E-state index < -0.39 is 11.7 Å². The molecule has 0 saturated carbocycles. The second-order valence-corrected chi connectivity index (χ2v) is 7.53. The van der Waals surface area contributed by atoms with Crippen molar-refractivity contribution in [2.24, 2.45) is 0 Å². The minimum atomic E-state index is -4.37. The number of amides is 1. The molecule has 0 radical (unpaired) electrons. The van der Waals surface area contributed by atoms with Crippen molar-refractivity contribution >= 4 is 11.6 Å². The van der Waals surface area contributed by atoms with Gasteiger partial charge in [0.2, 0.25) is 5.91 Å². The molecule has 1 aliphatic heterocycles. The Hall–Kier alpha value is -2.61. The molecule has 2 atom stereocenters. The van der Waals surface area contributed by atoms with Gasteiger partial charge in [-0.2, -0.15) is 13.2 Å². The first-order valence-electron chi connectivity index (χ1n) is 9.87. The second-order valence-electron chi connectivity index (χ2n) is 7.53. The van der Waals surface area contributed by atoms with Gasteiger partial charge in [0.25, 0.3) is 0 Å². The Balaban J connectivity index is 1.55. The van der Waals surface area contributed by atoms with Crippen LogP contribution in [0.1, 0.15) is 31.0 Å². The van der Waals surface area contributed by atoms with Gasteiger partial charge in [0.1, 0.15) is 5.82 Å². The summed E-state index contributed by atoms with van der Waals surface area (Å²) in [4.78, 5) is 16.5. The van der Waals surface area contributed by atoms with Gasteiger partial charge >= 0.3 is 6.18 Å². The van der Waals surface area contributed by atoms with Crippen LogP contribution in [0.2, 0.25) is 0 Å². The minimum Gasteiger partial charge on any atom is -0.369 e. The SMILES string of the molecule is CC(NC(=O)C(C)N1CCN(c2cccc(C(F)(F)F)c2)CC1)c1ccc(F)cc1. The van der Waals surface area contributed by atoms with Gasteiger partial charge in [-0.05, 0) is 49.7 Å². The summed E-state index contributed by atoms with van der Waals surface area (Å²) >= 11 is 0. The molecule has 162 valence electrons. The molecule has 4 nitrogen and oxygen atoms in total. The lowest BCUT2D eigenvalue weighted by Gasteiger charge is -2.39. The fourth-order valence-corrected chi connectivity index (χ4v) is 3.58. The van der Waals surface area contributed by atoms with Gasteiger partial charge in [0.05, 0.1) is 17.6 Å². The first-order chi connectivity index (χ1) is 14.1. The summed E-state index contributed by atoms with van der Waals surface area (Å²) in [5.41, 5.74) is 0.683. The van der Waals surface area contributed by atoms with Crippen molar-refractivity contribution in [3.63, 3.8) is 0 Å². The Labute approximate surface area is 173 Å². The normalized spacial score (nSPS) is 17.5. The number of carbonyl (C=O) groups excluding carboxylic acids is 1. The van der Waals surface area contributed by atoms with E-state index in [0.717, 1.165) is 17.7 Å². The van der Waals surface area contributed by atoms with Crippen LogP contribution in [0.15, 0.2) is 48.5 Å². The average Bonchev–Trinajstić information content (AvgIpc) is 2.73. The third-order valence-corrected chi connectivity index (χ3v) is 5.51. The van der Waals surface area contributed by atoms with E-state index in [9.17, 15) is 22.4 Å². The molecule has 1 amide bonds. The third kappa shape index (κ3) is 5.30. The number of anilines is 1. The molecule has 1 saturated heterocycles. The fourth-order valence-electron chi connectivity index (χ4n) is 3.58. The van der Waals surface area contributed by atoms with Gasteiger partial charge in [-0.3, -0.25) is 9.69 Å². The summed E-state index contributed by atoms with van der Waals surface area (Å²) in [6.45, 7) is 5.85. The van der Waals surface area contributed by atoms with E-state index >= 15 is 0 Å². The number of nitrogens with zero attached hydrogens (tertiary/aromatic N) is 2. The maximum atomic E-state index is 13.1. The lowest BCUT2D eigenvalue weighted by Crippen LogP contribution is -2.54. The standard InChI is InChI=1S/C22H25F4N3O/c1-15(17-6-8-19(23)9-7-17)27-21(30)16(2)28-10-12-29(13-11-28)20-5-3-4-18(14-20)22(24,25)26/h3-9,14-16H,10-13H2,1-2H3,(H,27,30). The monoisotopic (exact) mass is 423 g/mol. The third-order valence-electron chi connectivity index (χ3n) is 5.51. The van der Waals surface area contributed by atoms with Crippen molar-refractivity contribution in [3.8, 4) is 0 Å². The molecule has 30 heavy (non-hydrogen) atoms. The van der Waals surface area contributed by atoms with E-state index in [1.807, 2.05) is 23.6 Å². The zero-order valence-electron chi connectivity index (χ0n) is 16.9. The number of halogens is 4. The number of hydrogen-bond acceptors (Lipinski definition) is 3. The number of benzene rings is 2. The highest BCUT2D eigenvalue weighted by atomic mass is 19.4. The number of hydrogen-bond donors (Lipinski definition) is 1. The molecule has 2 unspecified atom stereocenters. The molecule has 0 spiro atoms. The predicted octanol–water partition coefficient (Wildman–Crippen LogP) is 4.23. The van der Waals surface area contributed by atoms with Crippen molar-refractivity contribution in [2.45, 2.75) is 32.1 Å². The summed E-state index contributed by atoms with van der Waals surface area (Å²) < 4.78 is 51.9. The van der Waals surface area contributed by atoms with E-state index in [0.29, 0.717) is 31.9 Å². The first kappa shape index (κ1) is 22.1. The molecular weight excluding hydrogens is 398 g/mol. The summed E-state index contributed by atoms with van der Waals surface area (Å²) in [6.07, 6.45) is -4.37. The molecule has 8 heteroatoms. The van der Waals surface area contributed by atoms with Crippen molar-refractivity contribution in [1.29, 1.82) is 0 Å². The highest BCUT2D eigenvalue weighted by Crippen LogP contribution is 2.32. The Morgan fingerprint density at radius 2 is 1.63 bits per heavy atom. The van der Waals surface area contributed by atoms with E-state index in [1.165, 1.54) is 18.2 Å². The number of piperazine rings is 1. The van der Waals surface area contributed by atoms with Gasteiger partial charge in [0, 0.05) is 31.9 Å². The number of rotatable bonds is 5. The topological polar surface area (TPSA) is 35.6 Å². The van der Waals surface area contributed by atoms with Crippen LogP contribution in [-0.4, -0.2) is 43.0 Å². The van der Waals surface area contributed by atoms with Crippen LogP contribution in [0.5, 0.6) is 0 Å². The Kier molecular flexibility index (Phi) is 6.65. The molecule has 1 aliphatic rings. The Bertz CT molecular complexity index is 861. The molecule has 3 rings (SSSR count). The van der Waals surface area contributed by atoms with Gasteiger partial charge in [0.15, 0.2) is 0 Å². The summed E-state index contributed by atoms with van der Waals surface area (Å²) in [5.74, 6) is -0.469. The van der Waals surface area contributed by atoms with Crippen molar-refractivity contribution in [2.75, 3.05) is 31.1 Å². The average molecular weight is 423 g/mol. The maximum Gasteiger partial charge on any atom is 0.416 e. The van der Waals surface area contributed by atoms with Gasteiger partial charge in [-0.15, -0.1) is 0 Å². The van der Waals surface area contributed by atoms with Crippen molar-refractivity contribution < 1.29 is 22.4 Å². The predicted molar refractivity (Wildman–Crippen MR) is 108 cm³/mol. The number of nitrogens with one attached hydrogen (secondary N) is 1.